The molecule has 13 rings (SSSR count). The van der Waals surface area contributed by atoms with Crippen molar-refractivity contribution in [3.8, 4) is 78.9 Å². The summed E-state index contributed by atoms with van der Waals surface area (Å²) in [5.74, 6) is 1.80. The van der Waals surface area contributed by atoms with E-state index in [0.29, 0.717) is 17.5 Å². The van der Waals surface area contributed by atoms with Crippen molar-refractivity contribution in [3.05, 3.63) is 249 Å². The molecule has 0 aliphatic carbocycles. The molecule has 68 heavy (non-hydrogen) atoms. The zero-order chi connectivity index (χ0) is 45.0. The average Bonchev–Trinajstić information content (AvgIpc) is 3.95. The molecule has 0 aliphatic rings. The highest BCUT2D eigenvalue weighted by molar-refractivity contribution is 6.22. The fourth-order valence-corrected chi connectivity index (χ4v) is 10.2. The van der Waals surface area contributed by atoms with Gasteiger partial charge in [-0.25, -0.2) is 15.0 Å². The van der Waals surface area contributed by atoms with E-state index in [4.69, 9.17) is 15.0 Å². The van der Waals surface area contributed by atoms with Crippen LogP contribution >= 0.6 is 0 Å². The number of nitrogens with zero attached hydrogens (tertiary/aromatic N) is 5. The van der Waals surface area contributed by atoms with E-state index in [1.54, 1.807) is 0 Å². The number of rotatable bonds is 8. The van der Waals surface area contributed by atoms with E-state index in [-0.39, 0.29) is 0 Å². The van der Waals surface area contributed by atoms with Gasteiger partial charge in [-0.2, -0.15) is 0 Å². The minimum absolute atomic E-state index is 0.592. The Labute approximate surface area is 393 Å². The summed E-state index contributed by atoms with van der Waals surface area (Å²) in [4.78, 5) is 16.1. The lowest BCUT2D eigenvalue weighted by atomic mass is 9.95. The first-order chi connectivity index (χ1) is 33.8. The van der Waals surface area contributed by atoms with Crippen LogP contribution in [-0.4, -0.2) is 24.1 Å². The molecular weight excluding hydrogens is 827 g/mol. The summed E-state index contributed by atoms with van der Waals surface area (Å²) in [6.45, 7) is 0. The Morgan fingerprint density at radius 3 is 1.35 bits per heavy atom. The van der Waals surface area contributed by atoms with Crippen molar-refractivity contribution in [2.75, 3.05) is 0 Å². The molecule has 0 aliphatic heterocycles. The van der Waals surface area contributed by atoms with E-state index in [9.17, 15) is 0 Å². The quantitative estimate of drug-likeness (QED) is 0.153. The standard InChI is InChI=1S/C63H41N5/c1-4-21-42(22-5-1)44-25-18-26-45(41-44)61-64-62(50-30-11-10-29-47(50)43-23-6-2-7-24-43)66-63(65-61)53-33-14-17-38-56(53)68-55-37-16-13-32-52(55)60-49(35-20-40-58(60)68)48-34-19-39-57-59(48)51-31-12-15-36-54(51)67(57)46-27-8-3-9-28-46/h1-41H. The van der Waals surface area contributed by atoms with E-state index in [2.05, 4.69) is 246 Å². The topological polar surface area (TPSA) is 48.5 Å². The molecule has 13 aromatic rings. The molecule has 5 nitrogen and oxygen atoms in total. The highest BCUT2D eigenvalue weighted by atomic mass is 15.1. The van der Waals surface area contributed by atoms with Gasteiger partial charge in [-0.3, -0.25) is 0 Å². The van der Waals surface area contributed by atoms with Crippen molar-refractivity contribution >= 4 is 43.6 Å². The Hall–Kier alpha value is -9.19. The first-order valence-electron chi connectivity index (χ1n) is 23.0. The normalized spacial score (nSPS) is 11.5. The van der Waals surface area contributed by atoms with Gasteiger partial charge in [0, 0.05) is 43.9 Å². The number of para-hydroxylation sites is 4. The first-order valence-corrected chi connectivity index (χ1v) is 23.0. The molecule has 318 valence electrons. The number of hydrogen-bond acceptors (Lipinski definition) is 3. The number of benzene rings is 10. The molecule has 0 spiro atoms. The van der Waals surface area contributed by atoms with Crippen LogP contribution in [0.1, 0.15) is 0 Å². The Bertz CT molecular complexity index is 4020. The zero-order valence-corrected chi connectivity index (χ0v) is 36.9. The van der Waals surface area contributed by atoms with E-state index >= 15 is 0 Å². The summed E-state index contributed by atoms with van der Waals surface area (Å²) in [7, 11) is 0. The molecule has 0 saturated heterocycles. The summed E-state index contributed by atoms with van der Waals surface area (Å²) in [5.41, 5.74) is 16.2. The summed E-state index contributed by atoms with van der Waals surface area (Å²) in [6.07, 6.45) is 0. The van der Waals surface area contributed by atoms with Gasteiger partial charge in [-0.05, 0) is 88.0 Å². The van der Waals surface area contributed by atoms with Crippen molar-refractivity contribution in [1.82, 2.24) is 24.1 Å². The van der Waals surface area contributed by atoms with E-state index in [1.165, 1.54) is 43.7 Å². The van der Waals surface area contributed by atoms with Crippen LogP contribution in [0.2, 0.25) is 0 Å². The van der Waals surface area contributed by atoms with Gasteiger partial charge >= 0.3 is 0 Å². The van der Waals surface area contributed by atoms with Crippen molar-refractivity contribution in [3.63, 3.8) is 0 Å². The van der Waals surface area contributed by atoms with Crippen LogP contribution in [0, 0.1) is 0 Å². The van der Waals surface area contributed by atoms with E-state index in [0.717, 1.165) is 61.4 Å². The molecule has 3 aromatic heterocycles. The summed E-state index contributed by atoms with van der Waals surface area (Å²) in [6, 6.07) is 88.0. The Kier molecular flexibility index (Phi) is 9.43. The Morgan fingerprint density at radius 2 is 0.676 bits per heavy atom. The molecule has 0 fully saturated rings. The van der Waals surface area contributed by atoms with Gasteiger partial charge in [0.25, 0.3) is 0 Å². The van der Waals surface area contributed by atoms with Crippen LogP contribution in [0.15, 0.2) is 249 Å². The monoisotopic (exact) mass is 867 g/mol. The maximum Gasteiger partial charge on any atom is 0.166 e. The van der Waals surface area contributed by atoms with Gasteiger partial charge in [0.15, 0.2) is 17.5 Å². The SMILES string of the molecule is c1ccc(-c2cccc(-c3nc(-c4ccccc4-c4ccccc4)nc(-c4ccccc4-n4c5ccccc5c5c(-c6cccc7c6c6ccccc6n7-c6ccccc6)cccc54)n3)c2)cc1. The van der Waals surface area contributed by atoms with E-state index in [1.807, 2.05) is 12.1 Å². The van der Waals surface area contributed by atoms with Gasteiger partial charge in [0.1, 0.15) is 0 Å². The van der Waals surface area contributed by atoms with Crippen LogP contribution in [0.25, 0.3) is 123 Å². The number of hydrogen-bond donors (Lipinski definition) is 0. The molecule has 0 bridgehead atoms. The van der Waals surface area contributed by atoms with Crippen LogP contribution < -0.4 is 0 Å². The average molecular weight is 868 g/mol. The fraction of sp³-hybridized carbons (Fsp3) is 0. The van der Waals surface area contributed by atoms with Crippen molar-refractivity contribution in [1.29, 1.82) is 0 Å². The van der Waals surface area contributed by atoms with Crippen molar-refractivity contribution in [2.45, 2.75) is 0 Å². The lowest BCUT2D eigenvalue weighted by molar-refractivity contribution is 1.06. The Morgan fingerprint density at radius 1 is 0.250 bits per heavy atom. The van der Waals surface area contributed by atoms with Crippen LogP contribution in [0.4, 0.5) is 0 Å². The van der Waals surface area contributed by atoms with Gasteiger partial charge in [0.05, 0.1) is 27.8 Å². The maximum absolute atomic E-state index is 5.41. The largest absolute Gasteiger partial charge is 0.309 e. The minimum atomic E-state index is 0.592. The molecular formula is C63H41N5. The zero-order valence-electron chi connectivity index (χ0n) is 36.9. The lowest BCUT2D eigenvalue weighted by Gasteiger charge is -2.16. The summed E-state index contributed by atoms with van der Waals surface area (Å²) >= 11 is 0. The second kappa shape index (κ2) is 16.4. The van der Waals surface area contributed by atoms with Gasteiger partial charge in [-0.1, -0.05) is 194 Å². The molecule has 0 N–H and O–H groups in total. The van der Waals surface area contributed by atoms with Crippen LogP contribution in [-0.2, 0) is 0 Å². The van der Waals surface area contributed by atoms with Gasteiger partial charge in [0.2, 0.25) is 0 Å². The molecule has 0 saturated carbocycles. The highest BCUT2D eigenvalue weighted by Crippen LogP contribution is 2.45. The highest BCUT2D eigenvalue weighted by Gasteiger charge is 2.23. The Balaban J connectivity index is 1.05. The van der Waals surface area contributed by atoms with Gasteiger partial charge in [-0.15, -0.1) is 0 Å². The second-order valence-electron chi connectivity index (χ2n) is 17.1. The summed E-state index contributed by atoms with van der Waals surface area (Å²) in [5, 5.41) is 4.81. The third-order valence-electron chi connectivity index (χ3n) is 13.2. The van der Waals surface area contributed by atoms with Crippen molar-refractivity contribution < 1.29 is 0 Å². The van der Waals surface area contributed by atoms with Gasteiger partial charge < -0.3 is 9.13 Å². The fourth-order valence-electron chi connectivity index (χ4n) is 10.2. The predicted octanol–water partition coefficient (Wildman–Crippen LogP) is 16.1. The maximum atomic E-state index is 5.41. The molecule has 0 radical (unpaired) electrons. The van der Waals surface area contributed by atoms with Crippen LogP contribution in [0.5, 0.6) is 0 Å². The molecule has 0 unspecified atom stereocenters. The molecule has 0 amide bonds. The second-order valence-corrected chi connectivity index (χ2v) is 17.1. The molecule has 0 atom stereocenters. The lowest BCUT2D eigenvalue weighted by Crippen LogP contribution is -2.04. The smallest absolute Gasteiger partial charge is 0.166 e. The molecule has 3 heterocycles. The van der Waals surface area contributed by atoms with Crippen LogP contribution in [0.3, 0.4) is 0 Å². The first kappa shape index (κ1) is 39.2. The minimum Gasteiger partial charge on any atom is -0.309 e. The molecule has 5 heteroatoms. The number of fused-ring (bicyclic) bond motifs is 6. The molecule has 10 aromatic carbocycles. The third kappa shape index (κ3) is 6.51. The number of aromatic nitrogens is 5. The van der Waals surface area contributed by atoms with Crippen molar-refractivity contribution in [2.24, 2.45) is 0 Å². The third-order valence-corrected chi connectivity index (χ3v) is 13.2. The van der Waals surface area contributed by atoms with E-state index < -0.39 is 0 Å². The summed E-state index contributed by atoms with van der Waals surface area (Å²) < 4.78 is 4.79. The predicted molar refractivity (Wildman–Crippen MR) is 281 cm³/mol.